The molecule has 2 amide bonds. The average molecular weight is 600 g/mol. The van der Waals surface area contributed by atoms with Crippen LogP contribution in [0.5, 0.6) is 11.5 Å². The molecule has 0 aromatic heterocycles. The molecule has 38 heavy (non-hydrogen) atoms. The van der Waals surface area contributed by atoms with Crippen molar-refractivity contribution in [1.82, 2.24) is 16.2 Å². The summed E-state index contributed by atoms with van der Waals surface area (Å²) in [5.74, 6) is -0.433. The van der Waals surface area contributed by atoms with Gasteiger partial charge in [-0.25, -0.2) is 4.79 Å². The minimum atomic E-state index is -0.532. The number of ether oxygens (including phenoxy) is 3. The monoisotopic (exact) mass is 599 g/mol. The number of carbonyl (C=O) groups excluding carboxylic acids is 3. The van der Waals surface area contributed by atoms with E-state index in [0.717, 1.165) is 6.42 Å². The van der Waals surface area contributed by atoms with E-state index >= 15 is 0 Å². The average Bonchev–Trinajstić information content (AvgIpc) is 2.92. The fraction of sp³-hybridized carbons (Fsp3) is 0.185. The molecular formula is C27H26BrN3O6S. The first-order valence-electron chi connectivity index (χ1n) is 11.6. The van der Waals surface area contributed by atoms with Crippen molar-refractivity contribution in [3.63, 3.8) is 0 Å². The predicted molar refractivity (Wildman–Crippen MR) is 149 cm³/mol. The molecule has 0 unspecified atom stereocenters. The van der Waals surface area contributed by atoms with Crippen LogP contribution in [0.15, 0.2) is 77.3 Å². The lowest BCUT2D eigenvalue weighted by Gasteiger charge is -2.13. The van der Waals surface area contributed by atoms with Crippen LogP contribution in [0.1, 0.15) is 33.2 Å². The van der Waals surface area contributed by atoms with Crippen LogP contribution < -0.4 is 25.6 Å². The Morgan fingerprint density at radius 2 is 1.61 bits per heavy atom. The van der Waals surface area contributed by atoms with Crippen LogP contribution in [0.3, 0.4) is 0 Å². The van der Waals surface area contributed by atoms with Gasteiger partial charge in [-0.1, -0.05) is 30.3 Å². The minimum absolute atomic E-state index is 0.0959. The summed E-state index contributed by atoms with van der Waals surface area (Å²) in [6, 6.07) is 21.1. The van der Waals surface area contributed by atoms with Crippen molar-refractivity contribution in [1.29, 1.82) is 0 Å². The maximum atomic E-state index is 12.5. The van der Waals surface area contributed by atoms with E-state index < -0.39 is 17.8 Å². The Labute approximate surface area is 234 Å². The second-order valence-corrected chi connectivity index (χ2v) is 8.98. The van der Waals surface area contributed by atoms with Crippen molar-refractivity contribution in [2.45, 2.75) is 13.3 Å². The molecule has 3 rings (SSSR count). The van der Waals surface area contributed by atoms with E-state index in [4.69, 9.17) is 26.4 Å². The van der Waals surface area contributed by atoms with Gasteiger partial charge in [0.05, 0.1) is 23.2 Å². The largest absolute Gasteiger partial charge is 0.492 e. The fourth-order valence-electron chi connectivity index (χ4n) is 3.10. The maximum Gasteiger partial charge on any atom is 0.338 e. The van der Waals surface area contributed by atoms with Gasteiger partial charge in [0, 0.05) is 12.0 Å². The van der Waals surface area contributed by atoms with Gasteiger partial charge in [-0.15, -0.1) is 0 Å². The molecular weight excluding hydrogens is 574 g/mol. The van der Waals surface area contributed by atoms with Gasteiger partial charge in [-0.3, -0.25) is 25.8 Å². The Balaban J connectivity index is 1.38. The van der Waals surface area contributed by atoms with E-state index in [-0.39, 0.29) is 18.3 Å². The number of esters is 1. The van der Waals surface area contributed by atoms with Gasteiger partial charge >= 0.3 is 5.97 Å². The van der Waals surface area contributed by atoms with Crippen LogP contribution >= 0.6 is 28.1 Å². The topological polar surface area (TPSA) is 115 Å². The molecule has 3 aromatic rings. The highest BCUT2D eigenvalue weighted by Gasteiger charge is 2.12. The molecule has 0 radical (unpaired) electrons. The van der Waals surface area contributed by atoms with Gasteiger partial charge in [0.1, 0.15) is 11.5 Å². The molecule has 0 saturated carbocycles. The molecule has 0 aliphatic carbocycles. The zero-order valence-electron chi connectivity index (χ0n) is 20.5. The Kier molecular flexibility index (Phi) is 11.1. The number of amides is 2. The van der Waals surface area contributed by atoms with E-state index in [1.807, 2.05) is 30.3 Å². The zero-order valence-corrected chi connectivity index (χ0v) is 22.9. The summed E-state index contributed by atoms with van der Waals surface area (Å²) >= 11 is 8.50. The van der Waals surface area contributed by atoms with E-state index in [2.05, 4.69) is 32.1 Å². The number of hydrazine groups is 1. The Hall–Kier alpha value is -3.96. The van der Waals surface area contributed by atoms with Gasteiger partial charge in [-0.2, -0.15) is 0 Å². The zero-order chi connectivity index (χ0) is 27.3. The molecule has 0 spiro atoms. The standard InChI is InChI=1S/C27H26BrN3O6S/c1-2-35-26(34)19-8-11-21(12-9-19)37-17-24(32)30-31-27(38)29-25(33)20-10-13-23(22(28)16-20)36-15-14-18-6-4-3-5-7-18/h3-13,16H,2,14-15,17H2,1H3,(H,30,32)(H2,29,31,33,38). The van der Waals surface area contributed by atoms with E-state index in [9.17, 15) is 14.4 Å². The highest BCUT2D eigenvalue weighted by molar-refractivity contribution is 9.10. The van der Waals surface area contributed by atoms with Crippen molar-refractivity contribution >= 4 is 51.0 Å². The van der Waals surface area contributed by atoms with Crippen LogP contribution in [-0.2, 0) is 16.0 Å². The second-order valence-electron chi connectivity index (χ2n) is 7.72. The number of benzene rings is 3. The maximum absolute atomic E-state index is 12.5. The van der Waals surface area contributed by atoms with Gasteiger partial charge < -0.3 is 14.2 Å². The molecule has 11 heteroatoms. The quantitative estimate of drug-likeness (QED) is 0.182. The lowest BCUT2D eigenvalue weighted by molar-refractivity contribution is -0.123. The molecule has 0 saturated heterocycles. The van der Waals surface area contributed by atoms with Crippen molar-refractivity contribution in [3.05, 3.63) is 94.0 Å². The van der Waals surface area contributed by atoms with E-state index in [0.29, 0.717) is 33.7 Å². The van der Waals surface area contributed by atoms with Gasteiger partial charge in [0.25, 0.3) is 11.8 Å². The number of thiocarbonyl (C=S) groups is 1. The summed E-state index contributed by atoms with van der Waals surface area (Å²) < 4.78 is 16.7. The van der Waals surface area contributed by atoms with Gasteiger partial charge in [0.2, 0.25) is 0 Å². The molecule has 0 fully saturated rings. The van der Waals surface area contributed by atoms with Crippen LogP contribution in [-0.4, -0.2) is 42.7 Å². The SMILES string of the molecule is CCOC(=O)c1ccc(OCC(=O)NNC(=S)NC(=O)c2ccc(OCCc3ccccc3)c(Br)c2)cc1. The first kappa shape index (κ1) is 28.6. The summed E-state index contributed by atoms with van der Waals surface area (Å²) in [5.41, 5.74) is 6.68. The van der Waals surface area contributed by atoms with Crippen LogP contribution in [0.2, 0.25) is 0 Å². The van der Waals surface area contributed by atoms with Gasteiger partial charge in [0.15, 0.2) is 11.7 Å². The van der Waals surface area contributed by atoms with Crippen LogP contribution in [0.4, 0.5) is 0 Å². The number of carbonyl (C=O) groups is 3. The number of halogens is 1. The molecule has 0 heterocycles. The Morgan fingerprint density at radius 3 is 2.29 bits per heavy atom. The lowest BCUT2D eigenvalue weighted by Crippen LogP contribution is -2.49. The van der Waals surface area contributed by atoms with Crippen molar-refractivity contribution in [2.24, 2.45) is 0 Å². The Bertz CT molecular complexity index is 1270. The van der Waals surface area contributed by atoms with Crippen LogP contribution in [0, 0.1) is 0 Å². The minimum Gasteiger partial charge on any atom is -0.492 e. The van der Waals surface area contributed by atoms with Crippen molar-refractivity contribution in [3.8, 4) is 11.5 Å². The summed E-state index contributed by atoms with van der Waals surface area (Å²) in [6.07, 6.45) is 0.758. The molecule has 0 bridgehead atoms. The normalized spacial score (nSPS) is 10.2. The number of nitrogens with one attached hydrogen (secondary N) is 3. The first-order valence-corrected chi connectivity index (χ1v) is 12.8. The summed E-state index contributed by atoms with van der Waals surface area (Å²) in [7, 11) is 0. The fourth-order valence-corrected chi connectivity index (χ4v) is 3.74. The van der Waals surface area contributed by atoms with Crippen LogP contribution in [0.25, 0.3) is 0 Å². The number of hydrogen-bond donors (Lipinski definition) is 3. The van der Waals surface area contributed by atoms with E-state index in [1.165, 1.54) is 17.7 Å². The lowest BCUT2D eigenvalue weighted by atomic mass is 10.2. The predicted octanol–water partition coefficient (Wildman–Crippen LogP) is 3.96. The smallest absolute Gasteiger partial charge is 0.338 e. The third-order valence-corrected chi connectivity index (χ3v) is 5.79. The molecule has 0 atom stereocenters. The summed E-state index contributed by atoms with van der Waals surface area (Å²) in [5, 5.41) is 2.39. The molecule has 0 aliphatic heterocycles. The molecule has 3 N–H and O–H groups in total. The highest BCUT2D eigenvalue weighted by Crippen LogP contribution is 2.26. The molecule has 198 valence electrons. The molecule has 3 aromatic carbocycles. The van der Waals surface area contributed by atoms with Crippen molar-refractivity contribution < 1.29 is 28.6 Å². The third-order valence-electron chi connectivity index (χ3n) is 4.96. The van der Waals surface area contributed by atoms with E-state index in [1.54, 1.807) is 37.3 Å². The molecule has 0 aliphatic rings. The van der Waals surface area contributed by atoms with Crippen molar-refractivity contribution in [2.75, 3.05) is 19.8 Å². The number of hydrogen-bond acceptors (Lipinski definition) is 7. The highest BCUT2D eigenvalue weighted by atomic mass is 79.9. The second kappa shape index (κ2) is 14.7. The third kappa shape index (κ3) is 9.16. The number of rotatable bonds is 10. The summed E-state index contributed by atoms with van der Waals surface area (Å²) in [6.45, 7) is 2.17. The summed E-state index contributed by atoms with van der Waals surface area (Å²) in [4.78, 5) is 36.2. The molecule has 9 nitrogen and oxygen atoms in total. The Morgan fingerprint density at radius 1 is 0.895 bits per heavy atom. The first-order chi connectivity index (χ1) is 18.4. The van der Waals surface area contributed by atoms with Gasteiger partial charge in [-0.05, 0) is 83.1 Å².